The van der Waals surface area contributed by atoms with Crippen molar-refractivity contribution in [1.82, 2.24) is 9.88 Å². The fourth-order valence-corrected chi connectivity index (χ4v) is 5.32. The summed E-state index contributed by atoms with van der Waals surface area (Å²) in [5, 5.41) is 18.4. The Morgan fingerprint density at radius 1 is 1.00 bits per heavy atom. The molecule has 4 rings (SSSR count). The molecule has 0 spiro atoms. The average molecular weight is 550 g/mol. The van der Waals surface area contributed by atoms with Gasteiger partial charge in [0.15, 0.2) is 5.69 Å². The number of amides is 1. The molecular weight excluding hydrogens is 518 g/mol. The summed E-state index contributed by atoms with van der Waals surface area (Å²) in [4.78, 5) is 17.7. The number of ether oxygens (including phenoxy) is 1. The number of aryl methyl sites for hydroxylation is 1. The summed E-state index contributed by atoms with van der Waals surface area (Å²) >= 11 is 0. The number of carbonyl (C=O) groups excluding carboxylic acids is 1. The van der Waals surface area contributed by atoms with Gasteiger partial charge in [0.25, 0.3) is 15.9 Å². The Hall–Kier alpha value is -4.22. The number of aromatic hydroxyl groups is 1. The van der Waals surface area contributed by atoms with Gasteiger partial charge in [-0.05, 0) is 69.9 Å². The van der Waals surface area contributed by atoms with E-state index in [9.17, 15) is 18.3 Å². The quantitative estimate of drug-likeness (QED) is 0.200. The standard InChI is InChI=1S/C28H31N5O5S/c1-20-9-11-21(12-10-20)33(19-26(34)30-31-27-24-7-4-5-8-25(24)29-28(27)35)39(36,37)23-15-13-22(14-16-23)38-18-6-17-32(2)3/h4-5,7-16,29,35H,6,17-19H2,1-3H3. The van der Waals surface area contributed by atoms with Crippen molar-refractivity contribution in [2.75, 3.05) is 38.1 Å². The number of azo groups is 1. The topological polar surface area (TPSA) is 128 Å². The van der Waals surface area contributed by atoms with E-state index in [1.54, 1.807) is 60.7 Å². The highest BCUT2D eigenvalue weighted by Crippen LogP contribution is 2.35. The number of anilines is 1. The van der Waals surface area contributed by atoms with Crippen LogP contribution < -0.4 is 9.04 Å². The summed E-state index contributed by atoms with van der Waals surface area (Å²) in [6.07, 6.45) is 0.835. The maximum Gasteiger partial charge on any atom is 0.285 e. The molecule has 0 atom stereocenters. The molecule has 3 aromatic carbocycles. The van der Waals surface area contributed by atoms with Crippen LogP contribution in [0.4, 0.5) is 11.4 Å². The van der Waals surface area contributed by atoms with E-state index in [-0.39, 0.29) is 16.5 Å². The van der Waals surface area contributed by atoms with Gasteiger partial charge in [-0.3, -0.25) is 9.10 Å². The zero-order chi connectivity index (χ0) is 28.0. The molecule has 0 aliphatic rings. The number of benzene rings is 3. The van der Waals surface area contributed by atoms with Gasteiger partial charge in [0, 0.05) is 11.9 Å². The number of fused-ring (bicyclic) bond motifs is 1. The van der Waals surface area contributed by atoms with Gasteiger partial charge in [-0.25, -0.2) is 8.42 Å². The van der Waals surface area contributed by atoms with Crippen LogP contribution in [0.25, 0.3) is 10.9 Å². The van der Waals surface area contributed by atoms with Crippen LogP contribution in [0, 0.1) is 6.92 Å². The number of para-hydroxylation sites is 1. The average Bonchev–Trinajstić information content (AvgIpc) is 3.24. The molecule has 204 valence electrons. The molecule has 39 heavy (non-hydrogen) atoms. The molecule has 0 saturated carbocycles. The molecule has 2 N–H and O–H groups in total. The summed E-state index contributed by atoms with van der Waals surface area (Å²) < 4.78 is 34.1. The summed E-state index contributed by atoms with van der Waals surface area (Å²) in [6, 6.07) is 19.9. The second kappa shape index (κ2) is 12.1. The lowest BCUT2D eigenvalue weighted by Gasteiger charge is -2.23. The van der Waals surface area contributed by atoms with Crippen LogP contribution in [-0.2, 0) is 14.8 Å². The Balaban J connectivity index is 1.56. The zero-order valence-electron chi connectivity index (χ0n) is 22.0. The molecule has 1 aromatic heterocycles. The SMILES string of the molecule is Cc1ccc(N(CC(=O)N=Nc2c(O)[nH]c3ccccc23)S(=O)(=O)c2ccc(OCCCN(C)C)cc2)cc1. The van der Waals surface area contributed by atoms with E-state index < -0.39 is 22.5 Å². The maximum absolute atomic E-state index is 13.7. The van der Waals surface area contributed by atoms with Crippen LogP contribution in [0.2, 0.25) is 0 Å². The van der Waals surface area contributed by atoms with Gasteiger partial charge in [0.2, 0.25) is 5.88 Å². The van der Waals surface area contributed by atoms with E-state index in [1.807, 2.05) is 21.0 Å². The van der Waals surface area contributed by atoms with Crippen LogP contribution in [0.15, 0.2) is 87.9 Å². The normalized spacial score (nSPS) is 11.9. The van der Waals surface area contributed by atoms with Gasteiger partial charge in [-0.15, -0.1) is 10.2 Å². The molecule has 1 heterocycles. The molecular formula is C28H31N5O5S. The van der Waals surface area contributed by atoms with Crippen LogP contribution in [0.3, 0.4) is 0 Å². The Kier molecular flexibility index (Phi) is 8.62. The molecule has 0 fully saturated rings. The highest BCUT2D eigenvalue weighted by atomic mass is 32.2. The number of nitrogens with zero attached hydrogens (tertiary/aromatic N) is 4. The number of hydrogen-bond acceptors (Lipinski definition) is 7. The van der Waals surface area contributed by atoms with Crippen LogP contribution in [-0.4, -0.2) is 63.1 Å². The molecule has 0 aliphatic carbocycles. The molecule has 0 unspecified atom stereocenters. The first kappa shape index (κ1) is 27.8. The molecule has 11 heteroatoms. The van der Waals surface area contributed by atoms with E-state index in [2.05, 4.69) is 20.1 Å². The number of aromatic amines is 1. The van der Waals surface area contributed by atoms with E-state index in [4.69, 9.17) is 4.74 Å². The number of rotatable bonds is 11. The number of H-pyrrole nitrogens is 1. The van der Waals surface area contributed by atoms with E-state index >= 15 is 0 Å². The summed E-state index contributed by atoms with van der Waals surface area (Å²) in [5.41, 5.74) is 1.98. The Bertz CT molecular complexity index is 1560. The van der Waals surface area contributed by atoms with Crippen LogP contribution in [0.1, 0.15) is 12.0 Å². The van der Waals surface area contributed by atoms with Crippen molar-refractivity contribution in [2.45, 2.75) is 18.2 Å². The van der Waals surface area contributed by atoms with Gasteiger partial charge in [0.1, 0.15) is 12.3 Å². The van der Waals surface area contributed by atoms with Crippen molar-refractivity contribution in [3.8, 4) is 11.6 Å². The first-order chi connectivity index (χ1) is 18.6. The lowest BCUT2D eigenvalue weighted by molar-refractivity contribution is -0.116. The summed E-state index contributed by atoms with van der Waals surface area (Å²) in [5.74, 6) is -0.484. The molecule has 0 bridgehead atoms. The van der Waals surface area contributed by atoms with E-state index in [1.165, 1.54) is 12.1 Å². The largest absolute Gasteiger partial charge is 0.494 e. The second-order valence-corrected chi connectivity index (χ2v) is 11.1. The van der Waals surface area contributed by atoms with Crippen LogP contribution in [0.5, 0.6) is 11.6 Å². The van der Waals surface area contributed by atoms with Gasteiger partial charge in [0.05, 0.1) is 22.7 Å². The molecule has 10 nitrogen and oxygen atoms in total. The number of nitrogens with one attached hydrogen (secondary N) is 1. The Morgan fingerprint density at radius 3 is 2.38 bits per heavy atom. The first-order valence-electron chi connectivity index (χ1n) is 12.4. The first-order valence-corrected chi connectivity index (χ1v) is 13.8. The minimum absolute atomic E-state index is 0.00253. The van der Waals surface area contributed by atoms with E-state index in [0.29, 0.717) is 28.9 Å². The van der Waals surface area contributed by atoms with Crippen molar-refractivity contribution in [3.63, 3.8) is 0 Å². The van der Waals surface area contributed by atoms with Gasteiger partial charge in [-0.2, -0.15) is 0 Å². The smallest absolute Gasteiger partial charge is 0.285 e. The third kappa shape index (κ3) is 6.81. The second-order valence-electron chi connectivity index (χ2n) is 9.29. The lowest BCUT2D eigenvalue weighted by atomic mass is 10.2. The zero-order valence-corrected chi connectivity index (χ0v) is 22.9. The number of hydrogen-bond donors (Lipinski definition) is 2. The molecule has 4 aromatic rings. The molecule has 1 amide bonds. The molecule has 0 aliphatic heterocycles. The third-order valence-electron chi connectivity index (χ3n) is 5.95. The summed E-state index contributed by atoms with van der Waals surface area (Å²) in [6.45, 7) is 2.68. The maximum atomic E-state index is 13.7. The van der Waals surface area contributed by atoms with Crippen molar-refractivity contribution in [2.24, 2.45) is 10.2 Å². The van der Waals surface area contributed by atoms with Crippen molar-refractivity contribution >= 4 is 38.2 Å². The predicted molar refractivity (Wildman–Crippen MR) is 150 cm³/mol. The van der Waals surface area contributed by atoms with Gasteiger partial charge in [-0.1, -0.05) is 35.9 Å². The van der Waals surface area contributed by atoms with Crippen LogP contribution >= 0.6 is 0 Å². The molecule has 0 saturated heterocycles. The summed E-state index contributed by atoms with van der Waals surface area (Å²) in [7, 11) is -0.169. The van der Waals surface area contributed by atoms with Crippen molar-refractivity contribution in [3.05, 3.63) is 78.4 Å². The van der Waals surface area contributed by atoms with Gasteiger partial charge >= 0.3 is 0 Å². The minimum atomic E-state index is -4.14. The Labute approximate surface area is 227 Å². The van der Waals surface area contributed by atoms with Crippen molar-refractivity contribution in [1.29, 1.82) is 0 Å². The van der Waals surface area contributed by atoms with E-state index in [0.717, 1.165) is 22.8 Å². The third-order valence-corrected chi connectivity index (χ3v) is 7.74. The molecule has 0 radical (unpaired) electrons. The fourth-order valence-electron chi connectivity index (χ4n) is 3.91. The number of sulfonamides is 1. The number of aromatic nitrogens is 1. The Morgan fingerprint density at radius 2 is 1.69 bits per heavy atom. The van der Waals surface area contributed by atoms with Gasteiger partial charge < -0.3 is 19.7 Å². The number of carbonyl (C=O) groups is 1. The highest BCUT2D eigenvalue weighted by molar-refractivity contribution is 7.92. The fraction of sp³-hybridized carbons (Fsp3) is 0.250. The lowest BCUT2D eigenvalue weighted by Crippen LogP contribution is -2.35. The minimum Gasteiger partial charge on any atom is -0.494 e. The van der Waals surface area contributed by atoms with Crippen molar-refractivity contribution < 1.29 is 23.1 Å². The highest BCUT2D eigenvalue weighted by Gasteiger charge is 2.27. The monoisotopic (exact) mass is 549 g/mol. The predicted octanol–water partition coefficient (Wildman–Crippen LogP) is 5.02.